The van der Waals surface area contributed by atoms with Crippen molar-refractivity contribution in [2.24, 2.45) is 5.41 Å². The zero-order valence-corrected chi connectivity index (χ0v) is 8.67. The molecule has 0 aromatic carbocycles. The van der Waals surface area contributed by atoms with Crippen LogP contribution in [0.1, 0.15) is 13.8 Å². The molecule has 1 heterocycles. The fraction of sp³-hybridized carbons (Fsp3) is 0.556. The normalized spacial score (nSPS) is 11.3. The van der Waals surface area contributed by atoms with E-state index in [1.807, 2.05) is 12.1 Å². The fourth-order valence-electron chi connectivity index (χ4n) is 0.773. The van der Waals surface area contributed by atoms with Crippen LogP contribution in [0.4, 0.5) is 5.82 Å². The van der Waals surface area contributed by atoms with E-state index in [-0.39, 0.29) is 5.41 Å². The quantitative estimate of drug-likeness (QED) is 0.756. The molecule has 0 fully saturated rings. The van der Waals surface area contributed by atoms with Crippen LogP contribution in [0.5, 0.6) is 0 Å². The van der Waals surface area contributed by atoms with Crippen molar-refractivity contribution in [3.8, 4) is 0 Å². The summed E-state index contributed by atoms with van der Waals surface area (Å²) in [5, 5.41) is 10.9. The molecule has 1 aromatic heterocycles. The van der Waals surface area contributed by atoms with Crippen molar-refractivity contribution in [2.45, 2.75) is 13.8 Å². The highest BCUT2D eigenvalue weighted by atomic mass is 35.5. The highest BCUT2D eigenvalue weighted by Gasteiger charge is 2.15. The van der Waals surface area contributed by atoms with Crippen LogP contribution in [0.15, 0.2) is 18.3 Å². The number of rotatable bonds is 4. The smallest absolute Gasteiger partial charge is 0.148 e. The lowest BCUT2D eigenvalue weighted by atomic mass is 9.97. The van der Waals surface area contributed by atoms with Crippen molar-refractivity contribution in [3.63, 3.8) is 0 Å². The molecular weight excluding hydrogens is 186 g/mol. The molecule has 0 radical (unpaired) electrons. The van der Waals surface area contributed by atoms with Crippen LogP contribution in [-0.4, -0.2) is 22.6 Å². The van der Waals surface area contributed by atoms with Gasteiger partial charge in [0.2, 0.25) is 0 Å². The van der Waals surface area contributed by atoms with Gasteiger partial charge in [0.1, 0.15) is 5.82 Å². The van der Waals surface area contributed by atoms with Gasteiger partial charge in [0.05, 0.1) is 0 Å². The summed E-state index contributed by atoms with van der Waals surface area (Å²) in [6, 6.07) is 3.74. The molecule has 3 nitrogen and oxygen atoms in total. The van der Waals surface area contributed by atoms with Crippen molar-refractivity contribution in [1.82, 2.24) is 10.2 Å². The van der Waals surface area contributed by atoms with E-state index >= 15 is 0 Å². The molecule has 0 atom stereocenters. The zero-order chi connectivity index (χ0) is 9.73. The lowest BCUT2D eigenvalue weighted by Gasteiger charge is -2.21. The van der Waals surface area contributed by atoms with Gasteiger partial charge < -0.3 is 5.32 Å². The molecule has 0 saturated carbocycles. The van der Waals surface area contributed by atoms with Gasteiger partial charge in [-0.3, -0.25) is 0 Å². The van der Waals surface area contributed by atoms with Gasteiger partial charge in [-0.25, -0.2) is 0 Å². The summed E-state index contributed by atoms with van der Waals surface area (Å²) in [5.41, 5.74) is 0.0824. The standard InChI is InChI=1S/C9H14ClN3/c1-9(2,6-10)7-11-8-4-3-5-12-13-8/h3-5H,6-7H2,1-2H3,(H,11,13). The van der Waals surface area contributed by atoms with Gasteiger partial charge >= 0.3 is 0 Å². The zero-order valence-electron chi connectivity index (χ0n) is 7.92. The second-order valence-corrected chi connectivity index (χ2v) is 4.03. The van der Waals surface area contributed by atoms with E-state index in [4.69, 9.17) is 11.6 Å². The summed E-state index contributed by atoms with van der Waals surface area (Å²) in [4.78, 5) is 0. The van der Waals surface area contributed by atoms with Crippen LogP contribution < -0.4 is 5.32 Å². The van der Waals surface area contributed by atoms with E-state index in [1.165, 1.54) is 0 Å². The summed E-state index contributed by atoms with van der Waals surface area (Å²) in [7, 11) is 0. The second-order valence-electron chi connectivity index (χ2n) is 3.76. The third-order valence-corrected chi connectivity index (χ3v) is 2.41. The van der Waals surface area contributed by atoms with Gasteiger partial charge in [-0.2, -0.15) is 5.10 Å². The predicted octanol–water partition coefficient (Wildman–Crippen LogP) is 2.15. The Morgan fingerprint density at radius 1 is 1.54 bits per heavy atom. The maximum absolute atomic E-state index is 5.78. The lowest BCUT2D eigenvalue weighted by Crippen LogP contribution is -2.25. The third-order valence-electron chi connectivity index (χ3n) is 1.68. The molecule has 0 bridgehead atoms. The Balaban J connectivity index is 2.44. The van der Waals surface area contributed by atoms with Crippen LogP contribution in [-0.2, 0) is 0 Å². The molecular formula is C9H14ClN3. The third kappa shape index (κ3) is 3.59. The molecule has 0 amide bonds. The largest absolute Gasteiger partial charge is 0.368 e. The van der Waals surface area contributed by atoms with Gasteiger partial charge in [-0.15, -0.1) is 16.7 Å². The Hall–Kier alpha value is -0.830. The van der Waals surface area contributed by atoms with E-state index in [9.17, 15) is 0 Å². The Kier molecular flexibility index (Phi) is 3.48. The van der Waals surface area contributed by atoms with Gasteiger partial charge in [0.15, 0.2) is 0 Å². The highest BCUT2D eigenvalue weighted by Crippen LogP contribution is 2.17. The summed E-state index contributed by atoms with van der Waals surface area (Å²) < 4.78 is 0. The average molecular weight is 200 g/mol. The number of hydrogen-bond acceptors (Lipinski definition) is 3. The van der Waals surface area contributed by atoms with Crippen molar-refractivity contribution in [1.29, 1.82) is 0 Å². The molecule has 72 valence electrons. The van der Waals surface area contributed by atoms with Gasteiger partial charge in [0, 0.05) is 18.6 Å². The molecule has 4 heteroatoms. The monoisotopic (exact) mass is 199 g/mol. The maximum atomic E-state index is 5.78. The van der Waals surface area contributed by atoms with E-state index in [0.29, 0.717) is 5.88 Å². The number of nitrogens with zero attached hydrogens (tertiary/aromatic N) is 2. The SMILES string of the molecule is CC(C)(CCl)CNc1cccnn1. The van der Waals surface area contributed by atoms with Crippen LogP contribution >= 0.6 is 11.6 Å². The minimum atomic E-state index is 0.0824. The van der Waals surface area contributed by atoms with E-state index in [0.717, 1.165) is 12.4 Å². The number of halogens is 1. The van der Waals surface area contributed by atoms with Crippen LogP contribution in [0.3, 0.4) is 0 Å². The summed E-state index contributed by atoms with van der Waals surface area (Å²) in [6.07, 6.45) is 1.65. The molecule has 0 saturated heterocycles. The molecule has 13 heavy (non-hydrogen) atoms. The van der Waals surface area contributed by atoms with E-state index < -0.39 is 0 Å². The highest BCUT2D eigenvalue weighted by molar-refractivity contribution is 6.18. The van der Waals surface area contributed by atoms with Crippen molar-refractivity contribution < 1.29 is 0 Å². The lowest BCUT2D eigenvalue weighted by molar-refractivity contribution is 0.449. The number of hydrogen-bond donors (Lipinski definition) is 1. The maximum Gasteiger partial charge on any atom is 0.148 e. The number of anilines is 1. The van der Waals surface area contributed by atoms with Gasteiger partial charge in [-0.1, -0.05) is 13.8 Å². The van der Waals surface area contributed by atoms with Crippen molar-refractivity contribution >= 4 is 17.4 Å². The number of nitrogens with one attached hydrogen (secondary N) is 1. The average Bonchev–Trinajstić information content (AvgIpc) is 2.17. The van der Waals surface area contributed by atoms with Gasteiger partial charge in [-0.05, 0) is 17.5 Å². The van der Waals surface area contributed by atoms with Crippen LogP contribution in [0.25, 0.3) is 0 Å². The summed E-state index contributed by atoms with van der Waals surface area (Å²) in [6.45, 7) is 5.00. The molecule has 1 rings (SSSR count). The molecule has 0 aliphatic heterocycles. The first-order valence-electron chi connectivity index (χ1n) is 4.22. The predicted molar refractivity (Wildman–Crippen MR) is 55.0 cm³/mol. The molecule has 1 aromatic rings. The van der Waals surface area contributed by atoms with E-state index in [2.05, 4.69) is 29.4 Å². The molecule has 0 aliphatic rings. The first-order chi connectivity index (χ1) is 6.14. The molecule has 0 spiro atoms. The molecule has 1 N–H and O–H groups in total. The summed E-state index contributed by atoms with van der Waals surface area (Å²) in [5.74, 6) is 1.42. The van der Waals surface area contributed by atoms with Crippen LogP contribution in [0.2, 0.25) is 0 Å². The Morgan fingerprint density at radius 3 is 2.85 bits per heavy atom. The Labute approximate surface area is 83.5 Å². The topological polar surface area (TPSA) is 37.8 Å². The Bertz CT molecular complexity index is 248. The van der Waals surface area contributed by atoms with Crippen molar-refractivity contribution in [2.75, 3.05) is 17.7 Å². The minimum absolute atomic E-state index is 0.0824. The first-order valence-corrected chi connectivity index (χ1v) is 4.75. The first kappa shape index (κ1) is 10.3. The Morgan fingerprint density at radius 2 is 2.31 bits per heavy atom. The van der Waals surface area contributed by atoms with E-state index in [1.54, 1.807) is 6.20 Å². The second kappa shape index (κ2) is 4.42. The fourth-order valence-corrected chi connectivity index (χ4v) is 0.867. The summed E-state index contributed by atoms with van der Waals surface area (Å²) >= 11 is 5.78. The number of aromatic nitrogens is 2. The molecule has 0 unspecified atom stereocenters. The van der Waals surface area contributed by atoms with Crippen molar-refractivity contribution in [3.05, 3.63) is 18.3 Å². The van der Waals surface area contributed by atoms with Crippen LogP contribution in [0, 0.1) is 5.41 Å². The molecule has 0 aliphatic carbocycles. The minimum Gasteiger partial charge on any atom is -0.368 e. The van der Waals surface area contributed by atoms with Gasteiger partial charge in [0.25, 0.3) is 0 Å². The number of alkyl halides is 1.